The number of carbonyl (C=O) groups is 1. The standard InChI is InChI=1S/C21H27N5O/c1-5-25(6-2)13-16-11-22-20-19(12-23-26(20)14-16)21(27)24-18-9-7-8-17(10-18)15(3)4/h7-12,14-15H,5-6,13H2,1-4H3,(H,24,27). The van der Waals surface area contributed by atoms with Crippen molar-refractivity contribution >= 4 is 17.2 Å². The molecule has 0 aliphatic carbocycles. The van der Waals surface area contributed by atoms with Crippen molar-refractivity contribution in [2.24, 2.45) is 0 Å². The lowest BCUT2D eigenvalue weighted by Crippen LogP contribution is -2.22. The molecule has 0 spiro atoms. The number of hydrogen-bond donors (Lipinski definition) is 1. The van der Waals surface area contributed by atoms with Gasteiger partial charge < -0.3 is 5.32 Å². The molecule has 2 heterocycles. The van der Waals surface area contributed by atoms with Crippen molar-refractivity contribution in [1.29, 1.82) is 0 Å². The van der Waals surface area contributed by atoms with Gasteiger partial charge in [0.05, 0.1) is 6.20 Å². The third-order valence-corrected chi connectivity index (χ3v) is 4.77. The minimum absolute atomic E-state index is 0.199. The summed E-state index contributed by atoms with van der Waals surface area (Å²) in [7, 11) is 0. The van der Waals surface area contributed by atoms with Crippen molar-refractivity contribution in [2.45, 2.75) is 40.2 Å². The SMILES string of the molecule is CCN(CC)Cc1cnc2c(C(=O)Nc3cccc(C(C)C)c3)cnn2c1. The van der Waals surface area contributed by atoms with Gasteiger partial charge in [-0.25, -0.2) is 9.50 Å². The van der Waals surface area contributed by atoms with Gasteiger partial charge in [0.25, 0.3) is 5.91 Å². The van der Waals surface area contributed by atoms with Crippen LogP contribution in [-0.4, -0.2) is 38.5 Å². The first-order valence-electron chi connectivity index (χ1n) is 9.47. The zero-order valence-corrected chi connectivity index (χ0v) is 16.4. The van der Waals surface area contributed by atoms with E-state index in [-0.39, 0.29) is 5.91 Å². The Morgan fingerprint density at radius 2 is 2.00 bits per heavy atom. The Balaban J connectivity index is 1.80. The predicted octanol–water partition coefficient (Wildman–Crippen LogP) is 3.95. The molecular weight excluding hydrogens is 338 g/mol. The fourth-order valence-electron chi connectivity index (χ4n) is 3.03. The summed E-state index contributed by atoms with van der Waals surface area (Å²) in [5.74, 6) is 0.208. The Labute approximate surface area is 160 Å². The second-order valence-electron chi connectivity index (χ2n) is 6.98. The maximum Gasteiger partial charge on any atom is 0.261 e. The number of nitrogens with one attached hydrogen (secondary N) is 1. The van der Waals surface area contributed by atoms with Crippen LogP contribution in [-0.2, 0) is 6.54 Å². The quantitative estimate of drug-likeness (QED) is 0.689. The van der Waals surface area contributed by atoms with Crippen LogP contribution in [0.4, 0.5) is 5.69 Å². The summed E-state index contributed by atoms with van der Waals surface area (Å²) in [4.78, 5) is 19.5. The highest BCUT2D eigenvalue weighted by Crippen LogP contribution is 2.20. The number of hydrogen-bond acceptors (Lipinski definition) is 4. The van der Waals surface area contributed by atoms with E-state index in [9.17, 15) is 4.79 Å². The van der Waals surface area contributed by atoms with E-state index in [1.165, 1.54) is 5.56 Å². The normalized spacial score (nSPS) is 11.5. The molecule has 3 rings (SSSR count). The molecule has 0 aliphatic heterocycles. The number of fused-ring (bicyclic) bond motifs is 1. The maximum atomic E-state index is 12.7. The summed E-state index contributed by atoms with van der Waals surface area (Å²) in [5, 5.41) is 7.28. The van der Waals surface area contributed by atoms with Crippen LogP contribution in [0.25, 0.3) is 5.65 Å². The molecule has 6 nitrogen and oxygen atoms in total. The van der Waals surface area contributed by atoms with Crippen LogP contribution in [0.2, 0.25) is 0 Å². The smallest absolute Gasteiger partial charge is 0.261 e. The van der Waals surface area contributed by atoms with Gasteiger partial charge in [0.2, 0.25) is 0 Å². The predicted molar refractivity (Wildman–Crippen MR) is 108 cm³/mol. The zero-order valence-electron chi connectivity index (χ0n) is 16.4. The van der Waals surface area contributed by atoms with Gasteiger partial charge in [0, 0.05) is 30.2 Å². The van der Waals surface area contributed by atoms with Gasteiger partial charge in [0.15, 0.2) is 5.65 Å². The molecule has 0 aliphatic rings. The zero-order chi connectivity index (χ0) is 19.4. The Morgan fingerprint density at radius 3 is 2.70 bits per heavy atom. The Kier molecular flexibility index (Phi) is 5.86. The highest BCUT2D eigenvalue weighted by molar-refractivity contribution is 6.08. The molecule has 0 saturated heterocycles. The molecule has 2 aromatic heterocycles. The summed E-state index contributed by atoms with van der Waals surface area (Å²) in [5.41, 5.74) is 4.08. The topological polar surface area (TPSA) is 62.5 Å². The minimum Gasteiger partial charge on any atom is -0.322 e. The minimum atomic E-state index is -0.199. The van der Waals surface area contributed by atoms with Crippen LogP contribution in [0.15, 0.2) is 42.9 Å². The van der Waals surface area contributed by atoms with Crippen LogP contribution in [0.3, 0.4) is 0 Å². The van der Waals surface area contributed by atoms with Crippen molar-refractivity contribution in [1.82, 2.24) is 19.5 Å². The van der Waals surface area contributed by atoms with Crippen LogP contribution in [0, 0.1) is 0 Å². The summed E-state index contributed by atoms with van der Waals surface area (Å²) in [6.07, 6.45) is 5.34. The molecule has 1 amide bonds. The molecule has 1 aromatic carbocycles. The molecule has 0 fully saturated rings. The van der Waals surface area contributed by atoms with Gasteiger partial charge in [-0.05, 0) is 36.7 Å². The Bertz CT molecular complexity index is 927. The monoisotopic (exact) mass is 365 g/mol. The average molecular weight is 365 g/mol. The molecule has 27 heavy (non-hydrogen) atoms. The van der Waals surface area contributed by atoms with Gasteiger partial charge in [-0.1, -0.05) is 39.8 Å². The molecule has 0 bridgehead atoms. The third-order valence-electron chi connectivity index (χ3n) is 4.77. The largest absolute Gasteiger partial charge is 0.322 e. The second-order valence-corrected chi connectivity index (χ2v) is 6.98. The molecule has 0 radical (unpaired) electrons. The highest BCUT2D eigenvalue weighted by atomic mass is 16.1. The summed E-state index contributed by atoms with van der Waals surface area (Å²) >= 11 is 0. The van der Waals surface area contributed by atoms with Gasteiger partial charge >= 0.3 is 0 Å². The van der Waals surface area contributed by atoms with Gasteiger partial charge in [-0.15, -0.1) is 0 Å². The van der Waals surface area contributed by atoms with E-state index in [0.29, 0.717) is 17.1 Å². The van der Waals surface area contributed by atoms with E-state index in [1.54, 1.807) is 10.7 Å². The lowest BCUT2D eigenvalue weighted by molar-refractivity contribution is 0.102. The lowest BCUT2D eigenvalue weighted by atomic mass is 10.0. The van der Waals surface area contributed by atoms with E-state index in [0.717, 1.165) is 30.9 Å². The number of amides is 1. The first-order valence-corrected chi connectivity index (χ1v) is 9.47. The molecule has 3 aromatic rings. The molecule has 0 saturated carbocycles. The molecule has 0 unspecified atom stereocenters. The molecule has 6 heteroatoms. The number of carbonyl (C=O) groups excluding carboxylic acids is 1. The van der Waals surface area contributed by atoms with E-state index in [2.05, 4.69) is 54.1 Å². The van der Waals surface area contributed by atoms with Gasteiger partial charge in [-0.3, -0.25) is 9.69 Å². The average Bonchev–Trinajstić information content (AvgIpc) is 3.09. The second kappa shape index (κ2) is 8.31. The van der Waals surface area contributed by atoms with Crippen molar-refractivity contribution in [3.05, 3.63) is 59.5 Å². The van der Waals surface area contributed by atoms with Crippen LogP contribution < -0.4 is 5.32 Å². The van der Waals surface area contributed by atoms with Crippen LogP contribution in [0.5, 0.6) is 0 Å². The van der Waals surface area contributed by atoms with E-state index in [1.807, 2.05) is 30.6 Å². The van der Waals surface area contributed by atoms with Crippen LogP contribution in [0.1, 0.15) is 55.1 Å². The van der Waals surface area contributed by atoms with Crippen molar-refractivity contribution in [2.75, 3.05) is 18.4 Å². The van der Waals surface area contributed by atoms with Gasteiger partial charge in [0.1, 0.15) is 5.56 Å². The molecule has 0 atom stereocenters. The highest BCUT2D eigenvalue weighted by Gasteiger charge is 2.15. The fraction of sp³-hybridized carbons (Fsp3) is 0.381. The summed E-state index contributed by atoms with van der Waals surface area (Å²) in [6, 6.07) is 7.92. The van der Waals surface area contributed by atoms with Gasteiger partial charge in [-0.2, -0.15) is 5.10 Å². The lowest BCUT2D eigenvalue weighted by Gasteiger charge is -2.17. The van der Waals surface area contributed by atoms with Crippen LogP contribution >= 0.6 is 0 Å². The Morgan fingerprint density at radius 1 is 1.22 bits per heavy atom. The fourth-order valence-corrected chi connectivity index (χ4v) is 3.03. The first kappa shape index (κ1) is 19.0. The number of anilines is 1. The number of nitrogens with zero attached hydrogens (tertiary/aromatic N) is 4. The van der Waals surface area contributed by atoms with Crippen molar-refractivity contribution in [3.63, 3.8) is 0 Å². The molecule has 1 N–H and O–H groups in total. The van der Waals surface area contributed by atoms with E-state index >= 15 is 0 Å². The molecular formula is C21H27N5O. The third kappa shape index (κ3) is 4.34. The maximum absolute atomic E-state index is 12.7. The van der Waals surface area contributed by atoms with E-state index in [4.69, 9.17) is 0 Å². The molecule has 142 valence electrons. The van der Waals surface area contributed by atoms with Crippen molar-refractivity contribution < 1.29 is 4.79 Å². The number of aromatic nitrogens is 3. The van der Waals surface area contributed by atoms with E-state index < -0.39 is 0 Å². The number of rotatable bonds is 7. The number of benzene rings is 1. The summed E-state index contributed by atoms with van der Waals surface area (Å²) in [6.45, 7) is 11.3. The van der Waals surface area contributed by atoms with Crippen molar-refractivity contribution in [3.8, 4) is 0 Å². The Hall–Kier alpha value is -2.73. The first-order chi connectivity index (χ1) is 13.0. The summed E-state index contributed by atoms with van der Waals surface area (Å²) < 4.78 is 1.68.